The van der Waals surface area contributed by atoms with Crippen LogP contribution in [0.25, 0.3) is 0 Å². The first-order chi connectivity index (χ1) is 8.59. The van der Waals surface area contributed by atoms with Crippen molar-refractivity contribution in [2.45, 2.75) is 38.6 Å². The monoisotopic (exact) mass is 255 g/mol. The molecule has 5 heteroatoms. The maximum atomic E-state index is 11.9. The van der Waals surface area contributed by atoms with Gasteiger partial charge >= 0.3 is 5.97 Å². The minimum Gasteiger partial charge on any atom is -0.481 e. The van der Waals surface area contributed by atoms with E-state index in [4.69, 9.17) is 9.84 Å². The molecule has 0 aromatic rings. The molecule has 2 heterocycles. The molecule has 0 aromatic heterocycles. The third-order valence-electron chi connectivity index (χ3n) is 4.23. The van der Waals surface area contributed by atoms with E-state index in [0.717, 1.165) is 26.1 Å². The number of carbonyl (C=O) groups excluding carboxylic acids is 1. The van der Waals surface area contributed by atoms with Crippen molar-refractivity contribution in [1.29, 1.82) is 0 Å². The molecule has 1 amide bonds. The summed E-state index contributed by atoms with van der Waals surface area (Å²) >= 11 is 0. The van der Waals surface area contributed by atoms with Gasteiger partial charge in [0, 0.05) is 32.2 Å². The van der Waals surface area contributed by atoms with E-state index in [1.54, 1.807) is 4.90 Å². The summed E-state index contributed by atoms with van der Waals surface area (Å²) in [6.07, 6.45) is 2.76. The zero-order valence-electron chi connectivity index (χ0n) is 10.8. The van der Waals surface area contributed by atoms with E-state index in [9.17, 15) is 9.59 Å². The average Bonchev–Trinajstić information content (AvgIpc) is 2.39. The van der Waals surface area contributed by atoms with Crippen molar-refractivity contribution in [2.24, 2.45) is 11.8 Å². The second-order valence-electron chi connectivity index (χ2n) is 5.31. The molecule has 0 spiro atoms. The molecule has 2 saturated heterocycles. The fourth-order valence-electron chi connectivity index (χ4n) is 2.92. The summed E-state index contributed by atoms with van der Waals surface area (Å²) in [5, 5.41) is 9.08. The molecule has 0 aliphatic carbocycles. The highest BCUT2D eigenvalue weighted by atomic mass is 16.5. The van der Waals surface area contributed by atoms with Crippen molar-refractivity contribution in [3.8, 4) is 0 Å². The van der Waals surface area contributed by atoms with Gasteiger partial charge in [-0.3, -0.25) is 9.59 Å². The summed E-state index contributed by atoms with van der Waals surface area (Å²) in [7, 11) is 0. The Labute approximate surface area is 107 Å². The zero-order valence-corrected chi connectivity index (χ0v) is 10.8. The van der Waals surface area contributed by atoms with Gasteiger partial charge < -0.3 is 14.7 Å². The highest BCUT2D eigenvalue weighted by Crippen LogP contribution is 2.27. The predicted molar refractivity (Wildman–Crippen MR) is 65.1 cm³/mol. The number of rotatable bonds is 3. The maximum absolute atomic E-state index is 11.9. The normalized spacial score (nSPS) is 28.2. The molecule has 2 unspecified atom stereocenters. The Balaban J connectivity index is 1.99. The third-order valence-corrected chi connectivity index (χ3v) is 4.23. The number of likely N-dealkylation sites (tertiary alicyclic amines) is 1. The quantitative estimate of drug-likeness (QED) is 0.820. The van der Waals surface area contributed by atoms with Gasteiger partial charge in [0.2, 0.25) is 5.91 Å². The number of aliphatic carboxylic acids is 1. The molecular weight excluding hydrogens is 234 g/mol. The lowest BCUT2D eigenvalue weighted by Crippen LogP contribution is -2.50. The molecular formula is C13H21NO4. The molecule has 0 aromatic carbocycles. The SMILES string of the molecule is CC(C1CCOCC1)N1CC(C(=O)O)CCC1=O. The molecule has 18 heavy (non-hydrogen) atoms. The fraction of sp³-hybridized carbons (Fsp3) is 0.846. The van der Waals surface area contributed by atoms with Crippen LogP contribution in [0, 0.1) is 11.8 Å². The summed E-state index contributed by atoms with van der Waals surface area (Å²) in [5.74, 6) is -0.640. The van der Waals surface area contributed by atoms with Crippen LogP contribution in [0.3, 0.4) is 0 Å². The fourth-order valence-corrected chi connectivity index (χ4v) is 2.92. The van der Waals surface area contributed by atoms with Crippen LogP contribution in [-0.4, -0.2) is 47.7 Å². The Kier molecular flexibility index (Phi) is 4.22. The first-order valence-corrected chi connectivity index (χ1v) is 6.69. The van der Waals surface area contributed by atoms with E-state index in [1.807, 2.05) is 6.92 Å². The van der Waals surface area contributed by atoms with Crippen LogP contribution in [0.1, 0.15) is 32.6 Å². The number of nitrogens with zero attached hydrogens (tertiary/aromatic N) is 1. The van der Waals surface area contributed by atoms with Gasteiger partial charge in [0.25, 0.3) is 0 Å². The number of piperidine rings is 1. The second-order valence-corrected chi connectivity index (χ2v) is 5.31. The van der Waals surface area contributed by atoms with Crippen LogP contribution in [-0.2, 0) is 14.3 Å². The van der Waals surface area contributed by atoms with E-state index in [0.29, 0.717) is 25.3 Å². The number of hydrogen-bond acceptors (Lipinski definition) is 3. The number of amides is 1. The van der Waals surface area contributed by atoms with Crippen LogP contribution in [0.15, 0.2) is 0 Å². The average molecular weight is 255 g/mol. The van der Waals surface area contributed by atoms with Crippen molar-refractivity contribution >= 4 is 11.9 Å². The third kappa shape index (κ3) is 2.83. The summed E-state index contributed by atoms with van der Waals surface area (Å²) in [5.41, 5.74) is 0. The van der Waals surface area contributed by atoms with Gasteiger partial charge in [-0.2, -0.15) is 0 Å². The molecule has 2 aliphatic rings. The van der Waals surface area contributed by atoms with Crippen LogP contribution < -0.4 is 0 Å². The van der Waals surface area contributed by atoms with Crippen molar-refractivity contribution in [1.82, 2.24) is 4.90 Å². The number of carboxylic acid groups (broad SMARTS) is 1. The molecule has 2 aliphatic heterocycles. The lowest BCUT2D eigenvalue weighted by atomic mass is 9.88. The van der Waals surface area contributed by atoms with Crippen LogP contribution in [0.2, 0.25) is 0 Å². The molecule has 0 radical (unpaired) electrons. The minimum absolute atomic E-state index is 0.103. The number of ether oxygens (including phenoxy) is 1. The van der Waals surface area contributed by atoms with Gasteiger partial charge in [-0.1, -0.05) is 0 Å². The molecule has 2 atom stereocenters. The number of hydrogen-bond donors (Lipinski definition) is 1. The van der Waals surface area contributed by atoms with Crippen LogP contribution in [0.5, 0.6) is 0 Å². The van der Waals surface area contributed by atoms with E-state index in [-0.39, 0.29) is 11.9 Å². The molecule has 2 fully saturated rings. The minimum atomic E-state index is -0.785. The van der Waals surface area contributed by atoms with Gasteiger partial charge in [-0.25, -0.2) is 0 Å². The van der Waals surface area contributed by atoms with Crippen molar-refractivity contribution in [3.63, 3.8) is 0 Å². The Morgan fingerprint density at radius 3 is 2.67 bits per heavy atom. The Morgan fingerprint density at radius 2 is 2.06 bits per heavy atom. The largest absolute Gasteiger partial charge is 0.481 e. The van der Waals surface area contributed by atoms with Crippen molar-refractivity contribution in [3.05, 3.63) is 0 Å². The van der Waals surface area contributed by atoms with Gasteiger partial charge in [0.05, 0.1) is 5.92 Å². The highest BCUT2D eigenvalue weighted by Gasteiger charge is 2.35. The van der Waals surface area contributed by atoms with E-state index in [2.05, 4.69) is 0 Å². The summed E-state index contributed by atoms with van der Waals surface area (Å²) in [6, 6.07) is 0.128. The second kappa shape index (κ2) is 5.69. The standard InChI is InChI=1S/C13H21NO4/c1-9(10-4-6-18-7-5-10)14-8-11(13(16)17)2-3-12(14)15/h9-11H,2-8H2,1H3,(H,16,17). The van der Waals surface area contributed by atoms with Gasteiger partial charge in [0.1, 0.15) is 0 Å². The summed E-state index contributed by atoms with van der Waals surface area (Å²) < 4.78 is 5.33. The van der Waals surface area contributed by atoms with E-state index in [1.165, 1.54) is 0 Å². The molecule has 5 nitrogen and oxygen atoms in total. The topological polar surface area (TPSA) is 66.8 Å². The van der Waals surface area contributed by atoms with Gasteiger partial charge in [-0.05, 0) is 32.1 Å². The van der Waals surface area contributed by atoms with Crippen molar-refractivity contribution < 1.29 is 19.4 Å². The van der Waals surface area contributed by atoms with Gasteiger partial charge in [-0.15, -0.1) is 0 Å². The van der Waals surface area contributed by atoms with Crippen LogP contribution in [0.4, 0.5) is 0 Å². The lowest BCUT2D eigenvalue weighted by molar-refractivity contribution is -0.149. The van der Waals surface area contributed by atoms with E-state index < -0.39 is 11.9 Å². The smallest absolute Gasteiger partial charge is 0.308 e. The number of carboxylic acids is 1. The number of carbonyl (C=O) groups is 2. The van der Waals surface area contributed by atoms with E-state index >= 15 is 0 Å². The Morgan fingerprint density at radius 1 is 1.39 bits per heavy atom. The highest BCUT2D eigenvalue weighted by molar-refractivity contribution is 5.80. The lowest BCUT2D eigenvalue weighted by Gasteiger charge is -2.40. The van der Waals surface area contributed by atoms with Gasteiger partial charge in [0.15, 0.2) is 0 Å². The molecule has 2 rings (SSSR count). The summed E-state index contributed by atoms with van der Waals surface area (Å²) in [6.45, 7) is 3.91. The zero-order chi connectivity index (χ0) is 13.1. The molecule has 102 valence electrons. The van der Waals surface area contributed by atoms with Crippen molar-refractivity contribution in [2.75, 3.05) is 19.8 Å². The molecule has 1 N–H and O–H groups in total. The summed E-state index contributed by atoms with van der Waals surface area (Å²) in [4.78, 5) is 24.8. The molecule has 0 bridgehead atoms. The van der Waals surface area contributed by atoms with Crippen LogP contribution >= 0.6 is 0 Å². The first-order valence-electron chi connectivity index (χ1n) is 6.69. The maximum Gasteiger partial charge on any atom is 0.308 e. The Hall–Kier alpha value is -1.10. The first kappa shape index (κ1) is 13.3. The predicted octanol–water partition coefficient (Wildman–Crippen LogP) is 1.12. The Bertz CT molecular complexity index is 325. The molecule has 0 saturated carbocycles.